The van der Waals surface area contributed by atoms with Crippen molar-refractivity contribution in [2.75, 3.05) is 19.6 Å². The molecule has 1 aromatic rings. The molecule has 1 aliphatic carbocycles. The Balaban J connectivity index is 1.60. The number of aryl methyl sites for hydroxylation is 1. The number of rotatable bonds is 6. The van der Waals surface area contributed by atoms with Gasteiger partial charge in [-0.15, -0.1) is 0 Å². The number of carboxylic acids is 1. The van der Waals surface area contributed by atoms with E-state index in [4.69, 9.17) is 0 Å². The maximum atomic E-state index is 12.8. The summed E-state index contributed by atoms with van der Waals surface area (Å²) >= 11 is 0. The van der Waals surface area contributed by atoms with Crippen LogP contribution < -0.4 is 0 Å². The molecule has 2 aliphatic rings. The van der Waals surface area contributed by atoms with Gasteiger partial charge in [0.1, 0.15) is 0 Å². The largest absolute Gasteiger partial charge is 0.481 e. The van der Waals surface area contributed by atoms with Crippen LogP contribution in [0, 0.1) is 12.8 Å². The van der Waals surface area contributed by atoms with Gasteiger partial charge in [-0.1, -0.05) is 29.8 Å². The molecule has 0 spiro atoms. The minimum atomic E-state index is -0.745. The molecule has 1 atom stereocenters. The number of aliphatic carboxylic acids is 1. The number of piperidine rings is 1. The molecule has 0 radical (unpaired) electrons. The van der Waals surface area contributed by atoms with Crippen LogP contribution in [0.15, 0.2) is 24.3 Å². The summed E-state index contributed by atoms with van der Waals surface area (Å²) in [4.78, 5) is 28.0. The molecule has 3 rings (SSSR count). The molecule has 1 amide bonds. The summed E-state index contributed by atoms with van der Waals surface area (Å²) in [6.45, 7) is 4.36. The summed E-state index contributed by atoms with van der Waals surface area (Å²) in [5, 5.41) is 9.19. The van der Waals surface area contributed by atoms with Gasteiger partial charge in [0.15, 0.2) is 0 Å². The number of hydrogen-bond donors (Lipinski definition) is 1. The fraction of sp³-hybridized carbons (Fsp3) is 0.579. The average molecular weight is 330 g/mol. The number of benzene rings is 1. The van der Waals surface area contributed by atoms with E-state index in [1.807, 2.05) is 9.80 Å². The fourth-order valence-electron chi connectivity index (χ4n) is 3.38. The van der Waals surface area contributed by atoms with Gasteiger partial charge in [-0.05, 0) is 44.7 Å². The van der Waals surface area contributed by atoms with E-state index in [1.54, 1.807) is 0 Å². The zero-order valence-corrected chi connectivity index (χ0v) is 14.3. The minimum absolute atomic E-state index is 0.129. The normalized spacial score (nSPS) is 21.5. The third-order valence-electron chi connectivity index (χ3n) is 5.00. The van der Waals surface area contributed by atoms with Crippen LogP contribution in [-0.2, 0) is 16.1 Å². The highest BCUT2D eigenvalue weighted by molar-refractivity contribution is 5.79. The van der Waals surface area contributed by atoms with Gasteiger partial charge in [-0.3, -0.25) is 14.5 Å². The maximum absolute atomic E-state index is 12.8. The molecule has 0 bridgehead atoms. The lowest BCUT2D eigenvalue weighted by Gasteiger charge is -2.32. The van der Waals surface area contributed by atoms with Crippen LogP contribution in [0.4, 0.5) is 0 Å². The molecule has 1 heterocycles. The Morgan fingerprint density at radius 1 is 1.21 bits per heavy atom. The molecular formula is C19H26N2O3. The maximum Gasteiger partial charge on any atom is 0.307 e. The topological polar surface area (TPSA) is 60.9 Å². The number of carbonyl (C=O) groups excluding carboxylic acids is 1. The van der Waals surface area contributed by atoms with Gasteiger partial charge in [-0.2, -0.15) is 0 Å². The fourth-order valence-corrected chi connectivity index (χ4v) is 3.38. The van der Waals surface area contributed by atoms with E-state index in [1.165, 1.54) is 5.56 Å². The summed E-state index contributed by atoms with van der Waals surface area (Å²) < 4.78 is 0. The lowest BCUT2D eigenvalue weighted by Crippen LogP contribution is -2.46. The number of hydrogen-bond acceptors (Lipinski definition) is 3. The predicted octanol–water partition coefficient (Wildman–Crippen LogP) is 2.28. The number of carboxylic acid groups (broad SMARTS) is 1. The van der Waals surface area contributed by atoms with Crippen molar-refractivity contribution >= 4 is 11.9 Å². The van der Waals surface area contributed by atoms with E-state index in [0.717, 1.165) is 37.8 Å². The van der Waals surface area contributed by atoms with Crippen molar-refractivity contribution < 1.29 is 14.7 Å². The zero-order chi connectivity index (χ0) is 17.1. The lowest BCUT2D eigenvalue weighted by molar-refractivity contribution is -0.145. The molecule has 2 fully saturated rings. The summed E-state index contributed by atoms with van der Waals surface area (Å²) in [5.74, 6) is -0.951. The number of nitrogens with zero attached hydrogens (tertiary/aromatic N) is 2. The monoisotopic (exact) mass is 330 g/mol. The highest BCUT2D eigenvalue weighted by Gasteiger charge is 2.34. The van der Waals surface area contributed by atoms with Gasteiger partial charge in [-0.25, -0.2) is 0 Å². The van der Waals surface area contributed by atoms with Gasteiger partial charge in [0.25, 0.3) is 0 Å². The van der Waals surface area contributed by atoms with Crippen LogP contribution >= 0.6 is 0 Å². The van der Waals surface area contributed by atoms with Crippen molar-refractivity contribution in [3.63, 3.8) is 0 Å². The second-order valence-corrected chi connectivity index (χ2v) is 7.15. The molecule has 1 N–H and O–H groups in total. The minimum Gasteiger partial charge on any atom is -0.481 e. The van der Waals surface area contributed by atoms with Crippen molar-refractivity contribution in [3.8, 4) is 0 Å². The van der Waals surface area contributed by atoms with E-state index in [-0.39, 0.29) is 11.8 Å². The van der Waals surface area contributed by atoms with Gasteiger partial charge in [0.2, 0.25) is 5.91 Å². The molecule has 130 valence electrons. The van der Waals surface area contributed by atoms with Gasteiger partial charge in [0.05, 0.1) is 12.5 Å². The lowest BCUT2D eigenvalue weighted by atomic mass is 9.98. The number of carbonyl (C=O) groups is 2. The molecule has 1 saturated carbocycles. The van der Waals surface area contributed by atoms with Gasteiger partial charge >= 0.3 is 5.97 Å². The molecule has 0 aromatic heterocycles. The second kappa shape index (κ2) is 7.34. The number of amides is 1. The quantitative estimate of drug-likeness (QED) is 0.869. The first-order valence-electron chi connectivity index (χ1n) is 8.83. The Labute approximate surface area is 143 Å². The molecular weight excluding hydrogens is 304 g/mol. The smallest absolute Gasteiger partial charge is 0.307 e. The third kappa shape index (κ3) is 4.35. The van der Waals surface area contributed by atoms with Crippen LogP contribution in [0.3, 0.4) is 0 Å². The van der Waals surface area contributed by atoms with E-state index >= 15 is 0 Å². The molecule has 1 aliphatic heterocycles. The van der Waals surface area contributed by atoms with Crippen molar-refractivity contribution in [2.24, 2.45) is 5.92 Å². The summed E-state index contributed by atoms with van der Waals surface area (Å²) in [5.41, 5.74) is 2.37. The highest BCUT2D eigenvalue weighted by Crippen LogP contribution is 2.29. The Morgan fingerprint density at radius 3 is 2.54 bits per heavy atom. The summed E-state index contributed by atoms with van der Waals surface area (Å²) in [6.07, 6.45) is 3.73. The Bertz CT molecular complexity index is 595. The first-order valence-corrected chi connectivity index (χ1v) is 8.83. The van der Waals surface area contributed by atoms with E-state index in [9.17, 15) is 14.7 Å². The van der Waals surface area contributed by atoms with Crippen LogP contribution in [0.25, 0.3) is 0 Å². The zero-order valence-electron chi connectivity index (χ0n) is 14.3. The molecule has 1 unspecified atom stereocenters. The Kier molecular flexibility index (Phi) is 5.19. The molecule has 5 heteroatoms. The third-order valence-corrected chi connectivity index (χ3v) is 5.00. The van der Waals surface area contributed by atoms with E-state index < -0.39 is 5.97 Å². The van der Waals surface area contributed by atoms with Gasteiger partial charge in [0, 0.05) is 19.1 Å². The molecule has 1 saturated heterocycles. The van der Waals surface area contributed by atoms with Crippen LogP contribution in [0.1, 0.15) is 36.8 Å². The Hall–Kier alpha value is -1.88. The van der Waals surface area contributed by atoms with Crippen LogP contribution in [0.5, 0.6) is 0 Å². The Morgan fingerprint density at radius 2 is 1.92 bits per heavy atom. The van der Waals surface area contributed by atoms with Crippen molar-refractivity contribution in [2.45, 2.75) is 45.2 Å². The first-order chi connectivity index (χ1) is 11.5. The van der Waals surface area contributed by atoms with Crippen LogP contribution in [0.2, 0.25) is 0 Å². The van der Waals surface area contributed by atoms with Gasteiger partial charge < -0.3 is 10.0 Å². The SMILES string of the molecule is Cc1ccc(CN(C(=O)CN2CCCC(C(=O)O)C2)C2CC2)cc1. The predicted molar refractivity (Wildman–Crippen MR) is 91.6 cm³/mol. The van der Waals surface area contributed by atoms with Crippen molar-refractivity contribution in [1.29, 1.82) is 0 Å². The standard InChI is InChI=1S/C19H26N2O3/c1-14-4-6-15(7-5-14)11-21(17-8-9-17)18(22)13-20-10-2-3-16(12-20)19(23)24/h4-7,16-17H,2-3,8-13H2,1H3,(H,23,24). The molecule has 1 aromatic carbocycles. The number of likely N-dealkylation sites (tertiary alicyclic amines) is 1. The second-order valence-electron chi connectivity index (χ2n) is 7.15. The first kappa shape index (κ1) is 17.0. The van der Waals surface area contributed by atoms with Crippen molar-refractivity contribution in [1.82, 2.24) is 9.80 Å². The molecule has 24 heavy (non-hydrogen) atoms. The van der Waals surface area contributed by atoms with E-state index in [0.29, 0.717) is 25.7 Å². The van der Waals surface area contributed by atoms with Crippen molar-refractivity contribution in [3.05, 3.63) is 35.4 Å². The van der Waals surface area contributed by atoms with E-state index in [2.05, 4.69) is 31.2 Å². The summed E-state index contributed by atoms with van der Waals surface area (Å²) in [7, 11) is 0. The van der Waals surface area contributed by atoms with Crippen LogP contribution in [-0.4, -0.2) is 52.5 Å². The summed E-state index contributed by atoms with van der Waals surface area (Å²) in [6, 6.07) is 8.68. The average Bonchev–Trinajstić information content (AvgIpc) is 3.39. The highest BCUT2D eigenvalue weighted by atomic mass is 16.4. The molecule has 5 nitrogen and oxygen atoms in total.